The fraction of sp³-hybridized carbons (Fsp3) is 0.405. The van der Waals surface area contributed by atoms with Crippen LogP contribution in [0.4, 0.5) is 0 Å². The number of unbranched alkanes of at least 4 members (excludes halogenated alkanes) is 4. The third-order valence-corrected chi connectivity index (χ3v) is 8.86. The van der Waals surface area contributed by atoms with E-state index in [9.17, 15) is 14.4 Å². The predicted octanol–water partition coefficient (Wildman–Crippen LogP) is 7.95. The smallest absolute Gasteiger partial charge is 0.305 e. The van der Waals surface area contributed by atoms with Gasteiger partial charge in [-0.2, -0.15) is 0 Å². The Labute approximate surface area is 302 Å². The highest BCUT2D eigenvalue weighted by molar-refractivity contribution is 5.97. The van der Waals surface area contributed by atoms with Gasteiger partial charge < -0.3 is 20.5 Å². The number of rotatable bonds is 18. The Morgan fingerprint density at radius 1 is 0.824 bits per heavy atom. The van der Waals surface area contributed by atoms with Gasteiger partial charge in [0.25, 0.3) is 5.91 Å². The molecule has 0 unspecified atom stereocenters. The van der Waals surface area contributed by atoms with Gasteiger partial charge in [0.2, 0.25) is 5.91 Å². The Morgan fingerprint density at radius 3 is 2.12 bits per heavy atom. The largest absolute Gasteiger partial charge is 0.493 e. The second kappa shape index (κ2) is 18.8. The van der Waals surface area contributed by atoms with Crippen molar-refractivity contribution >= 4 is 17.8 Å². The van der Waals surface area contributed by atoms with Crippen molar-refractivity contribution in [3.63, 3.8) is 0 Å². The number of aliphatic carboxylic acids is 1. The maximum atomic E-state index is 13.2. The molecule has 4 rings (SSSR count). The minimum absolute atomic E-state index is 0.0377. The summed E-state index contributed by atoms with van der Waals surface area (Å²) >= 11 is 0. The molecule has 2 amide bonds. The molecule has 4 aromatic rings. The van der Waals surface area contributed by atoms with Crippen LogP contribution in [-0.2, 0) is 27.8 Å². The number of nitrogens with one attached hydrogen (secondary N) is 2. The number of nitrogens with zero attached hydrogens (tertiary/aromatic N) is 2. The van der Waals surface area contributed by atoms with E-state index >= 15 is 0 Å². The summed E-state index contributed by atoms with van der Waals surface area (Å²) in [6.45, 7) is 11.3. The Kier molecular flexibility index (Phi) is 14.3. The first kappa shape index (κ1) is 38.7. The van der Waals surface area contributed by atoms with Crippen molar-refractivity contribution in [3.05, 3.63) is 101 Å². The van der Waals surface area contributed by atoms with E-state index in [1.807, 2.05) is 60.9 Å². The number of aromatic nitrogens is 2. The zero-order valence-electron chi connectivity index (χ0n) is 30.6. The van der Waals surface area contributed by atoms with E-state index < -0.39 is 17.9 Å². The Hall–Kier alpha value is -5.05. The van der Waals surface area contributed by atoms with Gasteiger partial charge in [0.15, 0.2) is 5.82 Å². The van der Waals surface area contributed by atoms with Crippen molar-refractivity contribution in [1.82, 2.24) is 20.6 Å². The van der Waals surface area contributed by atoms with E-state index in [1.165, 1.54) is 25.7 Å². The number of hydrogen-bond acceptors (Lipinski definition) is 6. The van der Waals surface area contributed by atoms with Gasteiger partial charge >= 0.3 is 5.97 Å². The molecular formula is C42H52N4O5. The molecule has 1 heterocycles. The van der Waals surface area contributed by atoms with Crippen molar-refractivity contribution in [3.8, 4) is 28.3 Å². The van der Waals surface area contributed by atoms with Crippen LogP contribution in [0.2, 0.25) is 0 Å². The Balaban J connectivity index is 1.42. The number of benzene rings is 3. The number of carboxylic acid groups (broad SMARTS) is 1. The molecule has 0 aliphatic rings. The highest BCUT2D eigenvalue weighted by Gasteiger charge is 2.23. The lowest BCUT2D eigenvalue weighted by atomic mass is 9.86. The summed E-state index contributed by atoms with van der Waals surface area (Å²) in [5.41, 5.74) is 6.19. The van der Waals surface area contributed by atoms with Crippen LogP contribution in [0.25, 0.3) is 22.5 Å². The first-order valence-electron chi connectivity index (χ1n) is 18.1. The molecule has 0 aliphatic heterocycles. The molecule has 0 saturated heterocycles. The summed E-state index contributed by atoms with van der Waals surface area (Å²) in [4.78, 5) is 46.6. The fourth-order valence-corrected chi connectivity index (χ4v) is 5.70. The number of carbonyl (C=O) groups excluding carboxylic acids is 2. The van der Waals surface area contributed by atoms with E-state index in [0.29, 0.717) is 11.4 Å². The number of carboxylic acids is 1. The van der Waals surface area contributed by atoms with Gasteiger partial charge in [-0.15, -0.1) is 0 Å². The number of aryl methyl sites for hydroxylation is 1. The number of amides is 2. The first-order valence-corrected chi connectivity index (χ1v) is 18.1. The Bertz CT molecular complexity index is 1730. The second-order valence-corrected chi connectivity index (χ2v) is 13.9. The summed E-state index contributed by atoms with van der Waals surface area (Å²) in [5.74, 6) is -0.350. The normalized spacial score (nSPS) is 11.9. The maximum absolute atomic E-state index is 13.2. The van der Waals surface area contributed by atoms with Gasteiger partial charge in [-0.3, -0.25) is 14.4 Å². The SMILES string of the molecule is CCCCCCCOc1ccc(-c2cnc(-c3ccc(C[C@H](NC(=O)c4ccc(C(C)(C)C)cc4)C(=O)NCCC(=O)O)cc3)nc2)cc1CC. The molecule has 9 heteroatoms. The number of hydrogen-bond donors (Lipinski definition) is 3. The van der Waals surface area contributed by atoms with Crippen LogP contribution in [0.3, 0.4) is 0 Å². The minimum Gasteiger partial charge on any atom is -0.493 e. The van der Waals surface area contributed by atoms with E-state index in [1.54, 1.807) is 12.1 Å². The molecule has 3 aromatic carbocycles. The van der Waals surface area contributed by atoms with Crippen molar-refractivity contribution in [1.29, 1.82) is 0 Å². The van der Waals surface area contributed by atoms with Crippen LogP contribution in [0.15, 0.2) is 79.1 Å². The average Bonchev–Trinajstić information content (AvgIpc) is 3.12. The van der Waals surface area contributed by atoms with Gasteiger partial charge in [-0.1, -0.05) is 103 Å². The molecule has 1 atom stereocenters. The van der Waals surface area contributed by atoms with E-state index in [4.69, 9.17) is 9.84 Å². The van der Waals surface area contributed by atoms with Crippen LogP contribution in [0, 0.1) is 0 Å². The van der Waals surface area contributed by atoms with Crippen LogP contribution in [0.5, 0.6) is 5.75 Å². The van der Waals surface area contributed by atoms with Gasteiger partial charge in [0.1, 0.15) is 11.8 Å². The molecular weight excluding hydrogens is 640 g/mol. The van der Waals surface area contributed by atoms with Crippen molar-refractivity contribution in [2.45, 2.75) is 97.4 Å². The highest BCUT2D eigenvalue weighted by Crippen LogP contribution is 2.28. The zero-order chi connectivity index (χ0) is 36.8. The minimum atomic E-state index is -1.02. The average molecular weight is 693 g/mol. The lowest BCUT2D eigenvalue weighted by Gasteiger charge is -2.20. The third-order valence-electron chi connectivity index (χ3n) is 8.86. The molecule has 3 N–H and O–H groups in total. The first-order chi connectivity index (χ1) is 24.5. The molecule has 0 spiro atoms. The molecule has 51 heavy (non-hydrogen) atoms. The molecule has 270 valence electrons. The molecule has 0 bridgehead atoms. The summed E-state index contributed by atoms with van der Waals surface area (Å²) < 4.78 is 6.11. The van der Waals surface area contributed by atoms with Gasteiger partial charge in [-0.05, 0) is 64.8 Å². The topological polar surface area (TPSA) is 131 Å². The van der Waals surface area contributed by atoms with Crippen molar-refractivity contribution < 1.29 is 24.2 Å². The van der Waals surface area contributed by atoms with E-state index in [2.05, 4.69) is 61.3 Å². The predicted molar refractivity (Wildman–Crippen MR) is 202 cm³/mol. The van der Waals surface area contributed by atoms with Gasteiger partial charge in [0, 0.05) is 42.0 Å². The van der Waals surface area contributed by atoms with Crippen molar-refractivity contribution in [2.75, 3.05) is 13.2 Å². The standard InChI is InChI=1S/C42H52N4O5/c1-6-8-9-10-11-24-51-37-21-18-33(26-30(37)7-2)34-27-44-39(45-28-34)31-14-12-29(13-15-31)25-36(41(50)43-23-22-38(47)48)46-40(49)32-16-19-35(20-17-32)42(3,4)5/h12-21,26-28,36H,6-11,22-25H2,1-5H3,(H,43,50)(H,46,49)(H,47,48)/t36-/m0/s1. The summed E-state index contributed by atoms with van der Waals surface area (Å²) in [7, 11) is 0. The maximum Gasteiger partial charge on any atom is 0.305 e. The van der Waals surface area contributed by atoms with Crippen LogP contribution in [-0.4, -0.2) is 52.1 Å². The van der Waals surface area contributed by atoms with E-state index in [0.717, 1.165) is 58.6 Å². The second-order valence-electron chi connectivity index (χ2n) is 13.9. The lowest BCUT2D eigenvalue weighted by molar-refractivity contribution is -0.137. The van der Waals surface area contributed by atoms with Crippen LogP contribution in [0.1, 0.15) is 100 Å². The molecule has 1 aromatic heterocycles. The summed E-state index contributed by atoms with van der Waals surface area (Å²) in [6.07, 6.45) is 10.5. The molecule has 0 saturated carbocycles. The van der Waals surface area contributed by atoms with Crippen LogP contribution < -0.4 is 15.4 Å². The van der Waals surface area contributed by atoms with Gasteiger partial charge in [0.05, 0.1) is 13.0 Å². The number of ether oxygens (including phenoxy) is 1. The lowest BCUT2D eigenvalue weighted by Crippen LogP contribution is -2.48. The quantitative estimate of drug-likeness (QED) is 0.0903. The third kappa shape index (κ3) is 11.8. The van der Waals surface area contributed by atoms with E-state index in [-0.39, 0.29) is 30.7 Å². The molecule has 0 fully saturated rings. The van der Waals surface area contributed by atoms with Crippen molar-refractivity contribution in [2.24, 2.45) is 0 Å². The summed E-state index contributed by atoms with van der Waals surface area (Å²) in [5, 5.41) is 14.5. The molecule has 0 radical (unpaired) electrons. The monoisotopic (exact) mass is 692 g/mol. The molecule has 0 aliphatic carbocycles. The zero-order valence-corrected chi connectivity index (χ0v) is 30.6. The fourth-order valence-electron chi connectivity index (χ4n) is 5.70. The van der Waals surface area contributed by atoms with Gasteiger partial charge in [-0.25, -0.2) is 9.97 Å². The number of carbonyl (C=O) groups is 3. The van der Waals surface area contributed by atoms with Crippen LogP contribution >= 0.6 is 0 Å². The summed E-state index contributed by atoms with van der Waals surface area (Å²) in [6, 6.07) is 20.2. The Morgan fingerprint density at radius 2 is 1.49 bits per heavy atom. The molecule has 9 nitrogen and oxygen atoms in total. The highest BCUT2D eigenvalue weighted by atomic mass is 16.5.